The minimum atomic E-state index is -0.985. The molecular weight excluding hydrogens is 244 g/mol. The highest BCUT2D eigenvalue weighted by Crippen LogP contribution is 2.11. The van der Waals surface area contributed by atoms with Crippen molar-refractivity contribution in [3.63, 3.8) is 0 Å². The maximum absolute atomic E-state index is 11.7. The Hall–Kier alpha value is -1.32. The molecule has 1 N–H and O–H groups in total. The van der Waals surface area contributed by atoms with Crippen molar-refractivity contribution in [2.45, 2.75) is 65.4 Å². The van der Waals surface area contributed by atoms with Crippen LogP contribution in [0.3, 0.4) is 0 Å². The standard InChI is InChI=1S/C15H26O4/c1-4-5-6-7-8-9-10-13(11-14(16)17)15(18)19-12(2)3/h9-10,12-13H,4-8,11H2,1-3H3,(H,16,17). The Bertz CT molecular complexity index is 295. The molecule has 0 radical (unpaired) electrons. The van der Waals surface area contributed by atoms with Crippen LogP contribution in [0.1, 0.15) is 59.3 Å². The van der Waals surface area contributed by atoms with Crippen LogP contribution in [0.2, 0.25) is 0 Å². The van der Waals surface area contributed by atoms with E-state index in [1.165, 1.54) is 19.3 Å². The molecule has 1 atom stereocenters. The quantitative estimate of drug-likeness (QED) is 0.374. The van der Waals surface area contributed by atoms with E-state index in [2.05, 4.69) is 6.92 Å². The van der Waals surface area contributed by atoms with Gasteiger partial charge in [0.05, 0.1) is 18.4 Å². The average Bonchev–Trinajstić information content (AvgIpc) is 2.30. The van der Waals surface area contributed by atoms with Crippen LogP contribution in [-0.4, -0.2) is 23.1 Å². The highest BCUT2D eigenvalue weighted by atomic mass is 16.5. The van der Waals surface area contributed by atoms with Crippen LogP contribution in [-0.2, 0) is 14.3 Å². The van der Waals surface area contributed by atoms with Crippen LogP contribution >= 0.6 is 0 Å². The van der Waals surface area contributed by atoms with Crippen molar-refractivity contribution in [1.29, 1.82) is 0 Å². The molecule has 0 aliphatic heterocycles. The molecule has 110 valence electrons. The number of rotatable bonds is 10. The first-order valence-corrected chi connectivity index (χ1v) is 7.06. The number of hydrogen-bond donors (Lipinski definition) is 1. The van der Waals surface area contributed by atoms with Gasteiger partial charge in [-0.25, -0.2) is 0 Å². The van der Waals surface area contributed by atoms with Crippen molar-refractivity contribution in [2.75, 3.05) is 0 Å². The molecule has 0 spiro atoms. The van der Waals surface area contributed by atoms with Crippen molar-refractivity contribution < 1.29 is 19.4 Å². The summed E-state index contributed by atoms with van der Waals surface area (Å²) < 4.78 is 5.06. The van der Waals surface area contributed by atoms with Crippen molar-refractivity contribution in [3.8, 4) is 0 Å². The topological polar surface area (TPSA) is 63.6 Å². The summed E-state index contributed by atoms with van der Waals surface area (Å²) in [6.07, 6.45) is 8.65. The van der Waals surface area contributed by atoms with Gasteiger partial charge in [-0.2, -0.15) is 0 Å². The van der Waals surface area contributed by atoms with Crippen LogP contribution in [0.25, 0.3) is 0 Å². The van der Waals surface area contributed by atoms with Gasteiger partial charge in [-0.15, -0.1) is 0 Å². The normalized spacial score (nSPS) is 12.8. The predicted molar refractivity (Wildman–Crippen MR) is 74.9 cm³/mol. The summed E-state index contributed by atoms with van der Waals surface area (Å²) in [5, 5.41) is 8.80. The molecular formula is C15H26O4. The number of allylic oxidation sites excluding steroid dienone is 1. The second-order valence-corrected chi connectivity index (χ2v) is 4.97. The van der Waals surface area contributed by atoms with E-state index in [4.69, 9.17) is 9.84 Å². The minimum Gasteiger partial charge on any atom is -0.481 e. The summed E-state index contributed by atoms with van der Waals surface area (Å²) in [5.41, 5.74) is 0. The van der Waals surface area contributed by atoms with Crippen LogP contribution < -0.4 is 0 Å². The molecule has 0 aliphatic rings. The molecule has 0 fully saturated rings. The highest BCUT2D eigenvalue weighted by molar-refractivity contribution is 5.80. The molecule has 0 rings (SSSR count). The molecule has 4 nitrogen and oxygen atoms in total. The fourth-order valence-electron chi connectivity index (χ4n) is 1.69. The van der Waals surface area contributed by atoms with Gasteiger partial charge < -0.3 is 9.84 Å². The van der Waals surface area contributed by atoms with Gasteiger partial charge in [0.2, 0.25) is 0 Å². The van der Waals surface area contributed by atoms with Crippen molar-refractivity contribution >= 4 is 11.9 Å². The zero-order chi connectivity index (χ0) is 14.7. The Kier molecular flexibility index (Phi) is 9.85. The number of ether oxygens (including phenoxy) is 1. The fourth-order valence-corrected chi connectivity index (χ4v) is 1.69. The maximum atomic E-state index is 11.7. The number of unbranched alkanes of at least 4 members (excludes halogenated alkanes) is 4. The van der Waals surface area contributed by atoms with Gasteiger partial charge >= 0.3 is 11.9 Å². The van der Waals surface area contributed by atoms with Crippen molar-refractivity contribution in [1.82, 2.24) is 0 Å². The van der Waals surface area contributed by atoms with Gasteiger partial charge in [0, 0.05) is 0 Å². The zero-order valence-electron chi connectivity index (χ0n) is 12.2. The number of hydrogen-bond acceptors (Lipinski definition) is 3. The molecule has 0 aromatic rings. The van der Waals surface area contributed by atoms with Gasteiger partial charge in [-0.3, -0.25) is 9.59 Å². The summed E-state index contributed by atoms with van der Waals surface area (Å²) in [5.74, 6) is -2.12. The second-order valence-electron chi connectivity index (χ2n) is 4.97. The van der Waals surface area contributed by atoms with Gasteiger partial charge in [0.15, 0.2) is 0 Å². The smallest absolute Gasteiger partial charge is 0.313 e. The predicted octanol–water partition coefficient (Wildman–Crippen LogP) is 3.56. The lowest BCUT2D eigenvalue weighted by Crippen LogP contribution is -2.22. The zero-order valence-corrected chi connectivity index (χ0v) is 12.2. The summed E-state index contributed by atoms with van der Waals surface area (Å²) >= 11 is 0. The van der Waals surface area contributed by atoms with Crippen LogP contribution in [0.5, 0.6) is 0 Å². The van der Waals surface area contributed by atoms with Crippen molar-refractivity contribution in [3.05, 3.63) is 12.2 Å². The van der Waals surface area contributed by atoms with E-state index in [-0.39, 0.29) is 12.5 Å². The van der Waals surface area contributed by atoms with E-state index < -0.39 is 17.9 Å². The van der Waals surface area contributed by atoms with Crippen LogP contribution in [0.4, 0.5) is 0 Å². The maximum Gasteiger partial charge on any atom is 0.313 e. The Morgan fingerprint density at radius 1 is 1.21 bits per heavy atom. The lowest BCUT2D eigenvalue weighted by atomic mass is 10.0. The number of carboxylic acids is 1. The van der Waals surface area contributed by atoms with Gasteiger partial charge in [0.1, 0.15) is 0 Å². The molecule has 0 saturated heterocycles. The summed E-state index contributed by atoms with van der Waals surface area (Å²) in [6.45, 7) is 5.66. The molecule has 1 unspecified atom stereocenters. The molecule has 0 aromatic carbocycles. The number of carbonyl (C=O) groups is 2. The van der Waals surface area contributed by atoms with Crippen LogP contribution in [0.15, 0.2) is 12.2 Å². The van der Waals surface area contributed by atoms with Gasteiger partial charge in [0.25, 0.3) is 0 Å². The molecule has 0 heterocycles. The molecule has 4 heteroatoms. The third kappa shape index (κ3) is 10.3. The summed E-state index contributed by atoms with van der Waals surface area (Å²) in [6, 6.07) is 0. The first-order valence-electron chi connectivity index (χ1n) is 7.06. The first kappa shape index (κ1) is 17.7. The minimum absolute atomic E-state index is 0.211. The average molecular weight is 270 g/mol. The van der Waals surface area contributed by atoms with Gasteiger partial charge in [-0.05, 0) is 26.7 Å². The highest BCUT2D eigenvalue weighted by Gasteiger charge is 2.21. The van der Waals surface area contributed by atoms with E-state index in [0.29, 0.717) is 0 Å². The van der Waals surface area contributed by atoms with Gasteiger partial charge in [-0.1, -0.05) is 38.3 Å². The Morgan fingerprint density at radius 2 is 1.89 bits per heavy atom. The molecule has 0 aromatic heterocycles. The lowest BCUT2D eigenvalue weighted by Gasteiger charge is -2.13. The number of carboxylic acid groups (broad SMARTS) is 1. The van der Waals surface area contributed by atoms with Crippen molar-refractivity contribution in [2.24, 2.45) is 5.92 Å². The Morgan fingerprint density at radius 3 is 2.42 bits per heavy atom. The second kappa shape index (κ2) is 10.6. The number of carbonyl (C=O) groups excluding carboxylic acids is 1. The fraction of sp³-hybridized carbons (Fsp3) is 0.733. The van der Waals surface area contributed by atoms with E-state index in [0.717, 1.165) is 12.8 Å². The SMILES string of the molecule is CCCCCCC=CC(CC(=O)O)C(=O)OC(C)C. The first-order chi connectivity index (χ1) is 8.97. The molecule has 0 saturated carbocycles. The largest absolute Gasteiger partial charge is 0.481 e. The summed E-state index contributed by atoms with van der Waals surface area (Å²) in [4.78, 5) is 22.5. The third-order valence-corrected chi connectivity index (χ3v) is 2.64. The molecule has 0 aliphatic carbocycles. The lowest BCUT2D eigenvalue weighted by molar-refractivity contribution is -0.154. The number of esters is 1. The van der Waals surface area contributed by atoms with Crippen LogP contribution in [0, 0.1) is 5.92 Å². The third-order valence-electron chi connectivity index (χ3n) is 2.64. The van der Waals surface area contributed by atoms with E-state index in [1.807, 2.05) is 6.08 Å². The Balaban J connectivity index is 4.22. The van der Waals surface area contributed by atoms with E-state index in [1.54, 1.807) is 19.9 Å². The molecule has 0 bridgehead atoms. The number of aliphatic carboxylic acids is 1. The Labute approximate surface area is 115 Å². The summed E-state index contributed by atoms with van der Waals surface area (Å²) in [7, 11) is 0. The molecule has 0 amide bonds. The molecule has 19 heavy (non-hydrogen) atoms. The van der Waals surface area contributed by atoms with E-state index in [9.17, 15) is 9.59 Å². The monoisotopic (exact) mass is 270 g/mol. The van der Waals surface area contributed by atoms with E-state index >= 15 is 0 Å².